The Balaban J connectivity index is 1.55. The van der Waals surface area contributed by atoms with Gasteiger partial charge in [0.2, 0.25) is 0 Å². The molecule has 0 bridgehead atoms. The van der Waals surface area contributed by atoms with Gasteiger partial charge in [0.05, 0.1) is 31.9 Å². The van der Waals surface area contributed by atoms with Crippen molar-refractivity contribution in [3.8, 4) is 0 Å². The second kappa shape index (κ2) is 6.99. The van der Waals surface area contributed by atoms with Gasteiger partial charge in [0, 0.05) is 23.9 Å². The highest BCUT2D eigenvalue weighted by molar-refractivity contribution is 5.57. The Hall–Kier alpha value is -3.95. The Morgan fingerprint density at radius 1 is 0.714 bits per heavy atom. The minimum absolute atomic E-state index is 0.164. The van der Waals surface area contributed by atoms with Crippen LogP contribution in [0.5, 0.6) is 0 Å². The molecule has 0 saturated carbocycles. The minimum Gasteiger partial charge on any atom is -0.348 e. The van der Waals surface area contributed by atoms with Crippen molar-refractivity contribution in [2.75, 3.05) is 33.4 Å². The second-order valence-corrected chi connectivity index (χ2v) is 6.47. The van der Waals surface area contributed by atoms with Crippen LogP contribution in [0.3, 0.4) is 0 Å². The number of nitrogens with zero attached hydrogens (tertiary/aromatic N) is 6. The molecule has 0 atom stereocenters. The summed E-state index contributed by atoms with van der Waals surface area (Å²) < 4.78 is 0. The molecule has 0 aliphatic carbocycles. The van der Waals surface area contributed by atoms with Gasteiger partial charge in [-0.25, -0.2) is 0 Å². The van der Waals surface area contributed by atoms with Gasteiger partial charge in [0.25, 0.3) is 0 Å². The maximum absolute atomic E-state index is 4.14. The minimum atomic E-state index is -0.164. The van der Waals surface area contributed by atoms with Crippen LogP contribution in [0.15, 0.2) is 67.1 Å². The summed E-state index contributed by atoms with van der Waals surface area (Å²) in [6.45, 7) is 1.28. The van der Waals surface area contributed by atoms with E-state index in [2.05, 4.69) is 62.7 Å². The van der Waals surface area contributed by atoms with Crippen LogP contribution < -0.4 is 20.0 Å². The number of benzene rings is 1. The van der Waals surface area contributed by atoms with Crippen molar-refractivity contribution in [2.45, 2.75) is 6.29 Å². The van der Waals surface area contributed by atoms with Crippen molar-refractivity contribution in [1.29, 1.82) is 0 Å². The van der Waals surface area contributed by atoms with E-state index in [1.807, 2.05) is 36.4 Å². The van der Waals surface area contributed by atoms with Crippen molar-refractivity contribution < 1.29 is 0 Å². The van der Waals surface area contributed by atoms with E-state index in [0.717, 1.165) is 23.1 Å². The zero-order chi connectivity index (χ0) is 18.8. The lowest BCUT2D eigenvalue weighted by Gasteiger charge is -2.49. The van der Waals surface area contributed by atoms with E-state index in [9.17, 15) is 0 Å². The van der Waals surface area contributed by atoms with E-state index in [1.54, 1.807) is 18.6 Å². The summed E-state index contributed by atoms with van der Waals surface area (Å²) in [6, 6.07) is 16.0. The quantitative estimate of drug-likeness (QED) is 0.422. The first-order chi connectivity index (χ1) is 13.9. The standard InChI is InChI=1S/C18H20N10/c1-2-4-14(5-3-1)22-18-27(16-7-10-20-24-16)12-26(15-6-9-19-23-15)13-28(18)17-8-11-21-25-17/h1-11,18,22H,12-13H2,(H,19,23)(H,20,24)(H,21,25). The second-order valence-electron chi connectivity index (χ2n) is 6.47. The molecule has 142 valence electrons. The first-order valence-corrected chi connectivity index (χ1v) is 8.96. The molecule has 4 heterocycles. The highest BCUT2D eigenvalue weighted by Gasteiger charge is 2.35. The summed E-state index contributed by atoms with van der Waals surface area (Å²) in [4.78, 5) is 6.59. The molecular formula is C18H20N10. The Morgan fingerprint density at radius 3 is 1.75 bits per heavy atom. The maximum Gasteiger partial charge on any atom is 0.183 e. The summed E-state index contributed by atoms with van der Waals surface area (Å²) in [7, 11) is 0. The lowest BCUT2D eigenvalue weighted by atomic mass is 10.3. The average Bonchev–Trinajstić information content (AvgIpc) is 3.52. The predicted octanol–water partition coefficient (Wildman–Crippen LogP) is 2.00. The van der Waals surface area contributed by atoms with Gasteiger partial charge in [-0.2, -0.15) is 15.3 Å². The molecule has 0 radical (unpaired) electrons. The number of hydrogen-bond acceptors (Lipinski definition) is 7. The molecule has 1 saturated heterocycles. The molecule has 10 heteroatoms. The Labute approximate surface area is 161 Å². The molecule has 0 unspecified atom stereocenters. The average molecular weight is 376 g/mol. The number of aromatic amines is 3. The summed E-state index contributed by atoms with van der Waals surface area (Å²) in [5.74, 6) is 2.75. The van der Waals surface area contributed by atoms with Gasteiger partial charge in [0.1, 0.15) is 17.5 Å². The van der Waals surface area contributed by atoms with Gasteiger partial charge >= 0.3 is 0 Å². The van der Waals surface area contributed by atoms with Crippen LogP contribution in [0.1, 0.15) is 0 Å². The maximum atomic E-state index is 4.14. The van der Waals surface area contributed by atoms with E-state index in [1.165, 1.54) is 0 Å². The van der Waals surface area contributed by atoms with E-state index >= 15 is 0 Å². The van der Waals surface area contributed by atoms with Crippen molar-refractivity contribution in [3.63, 3.8) is 0 Å². The van der Waals surface area contributed by atoms with Crippen LogP contribution >= 0.6 is 0 Å². The molecule has 5 rings (SSSR count). The largest absolute Gasteiger partial charge is 0.348 e. The van der Waals surface area contributed by atoms with Crippen LogP contribution in [-0.2, 0) is 0 Å². The molecule has 10 nitrogen and oxygen atoms in total. The topological polar surface area (TPSA) is 108 Å². The molecule has 4 N–H and O–H groups in total. The zero-order valence-corrected chi connectivity index (χ0v) is 15.0. The molecule has 1 aliphatic heterocycles. The highest BCUT2D eigenvalue weighted by Crippen LogP contribution is 2.28. The number of aromatic nitrogens is 6. The number of para-hydroxylation sites is 1. The lowest BCUT2D eigenvalue weighted by Crippen LogP contribution is -2.65. The molecule has 0 amide bonds. The third-order valence-corrected chi connectivity index (χ3v) is 4.72. The van der Waals surface area contributed by atoms with Gasteiger partial charge in [-0.3, -0.25) is 15.3 Å². The fraction of sp³-hybridized carbons (Fsp3) is 0.167. The number of H-pyrrole nitrogens is 3. The van der Waals surface area contributed by atoms with Crippen LogP contribution in [0.2, 0.25) is 0 Å². The summed E-state index contributed by atoms with van der Waals surface area (Å²) in [5.41, 5.74) is 1.02. The SMILES string of the molecule is c1ccc(NC2N(c3ccn[nH]3)CN(c3ccn[nH]3)CN2c2ccn[nH]2)cc1. The third-order valence-electron chi connectivity index (χ3n) is 4.72. The predicted molar refractivity (Wildman–Crippen MR) is 107 cm³/mol. The first kappa shape index (κ1) is 16.2. The van der Waals surface area contributed by atoms with Crippen LogP contribution in [0.4, 0.5) is 23.1 Å². The number of anilines is 4. The van der Waals surface area contributed by atoms with Crippen molar-refractivity contribution >= 4 is 23.1 Å². The molecule has 0 spiro atoms. The summed E-state index contributed by atoms with van der Waals surface area (Å²) in [6.07, 6.45) is 5.10. The lowest BCUT2D eigenvalue weighted by molar-refractivity contribution is 0.510. The molecule has 1 aliphatic rings. The summed E-state index contributed by atoms with van der Waals surface area (Å²) >= 11 is 0. The van der Waals surface area contributed by atoms with Crippen molar-refractivity contribution in [2.24, 2.45) is 0 Å². The Bertz CT molecular complexity index is 921. The molecule has 1 aromatic carbocycles. The molecular weight excluding hydrogens is 356 g/mol. The number of hydrogen-bond donors (Lipinski definition) is 4. The van der Waals surface area contributed by atoms with Crippen molar-refractivity contribution in [3.05, 3.63) is 67.1 Å². The monoisotopic (exact) mass is 376 g/mol. The van der Waals surface area contributed by atoms with E-state index in [4.69, 9.17) is 0 Å². The Kier molecular flexibility index (Phi) is 4.05. The summed E-state index contributed by atoms with van der Waals surface area (Å²) in [5, 5.41) is 25.2. The highest BCUT2D eigenvalue weighted by atomic mass is 15.6. The first-order valence-electron chi connectivity index (χ1n) is 8.96. The molecule has 3 aromatic heterocycles. The zero-order valence-electron chi connectivity index (χ0n) is 15.0. The molecule has 28 heavy (non-hydrogen) atoms. The number of rotatable bonds is 5. The van der Waals surface area contributed by atoms with Gasteiger partial charge < -0.3 is 20.0 Å². The van der Waals surface area contributed by atoms with Gasteiger partial charge in [-0.15, -0.1) is 0 Å². The molecule has 4 aromatic rings. The van der Waals surface area contributed by atoms with Gasteiger partial charge in [-0.05, 0) is 12.1 Å². The van der Waals surface area contributed by atoms with E-state index in [-0.39, 0.29) is 6.29 Å². The third kappa shape index (κ3) is 3.00. The normalized spacial score (nSPS) is 15.2. The van der Waals surface area contributed by atoms with Crippen LogP contribution in [0, 0.1) is 0 Å². The fourth-order valence-electron chi connectivity index (χ4n) is 3.38. The fourth-order valence-corrected chi connectivity index (χ4v) is 3.38. The molecule has 1 fully saturated rings. The van der Waals surface area contributed by atoms with E-state index < -0.39 is 0 Å². The van der Waals surface area contributed by atoms with E-state index in [0.29, 0.717) is 13.3 Å². The van der Waals surface area contributed by atoms with Crippen molar-refractivity contribution in [1.82, 2.24) is 30.6 Å². The smallest absolute Gasteiger partial charge is 0.183 e. The van der Waals surface area contributed by atoms with Crippen LogP contribution in [-0.4, -0.2) is 50.2 Å². The van der Waals surface area contributed by atoms with Crippen LogP contribution in [0.25, 0.3) is 0 Å². The van der Waals surface area contributed by atoms with Gasteiger partial charge in [0.15, 0.2) is 6.29 Å². The Morgan fingerprint density at radius 2 is 1.25 bits per heavy atom. The van der Waals surface area contributed by atoms with Gasteiger partial charge in [-0.1, -0.05) is 18.2 Å². The number of nitrogens with one attached hydrogen (secondary N) is 4.